The fourth-order valence-corrected chi connectivity index (χ4v) is 4.44. The van der Waals surface area contributed by atoms with E-state index in [-0.39, 0.29) is 5.91 Å². The molecule has 0 aliphatic carbocycles. The summed E-state index contributed by atoms with van der Waals surface area (Å²) in [7, 11) is 1.77. The van der Waals surface area contributed by atoms with Crippen molar-refractivity contribution in [1.29, 1.82) is 0 Å². The highest BCUT2D eigenvalue weighted by atomic mass is 32.1. The third kappa shape index (κ3) is 3.00. The predicted octanol–water partition coefficient (Wildman–Crippen LogP) is 2.47. The van der Waals surface area contributed by atoms with Crippen LogP contribution in [-0.2, 0) is 4.74 Å². The van der Waals surface area contributed by atoms with Gasteiger partial charge in [0.25, 0.3) is 5.91 Å². The molecule has 116 valence electrons. The van der Waals surface area contributed by atoms with E-state index in [2.05, 4.69) is 4.90 Å². The topological polar surface area (TPSA) is 32.8 Å². The van der Waals surface area contributed by atoms with Crippen molar-refractivity contribution in [2.75, 3.05) is 39.9 Å². The Labute approximate surface area is 130 Å². The van der Waals surface area contributed by atoms with E-state index >= 15 is 0 Å². The Morgan fingerprint density at radius 2 is 2.14 bits per heavy atom. The van der Waals surface area contributed by atoms with Crippen molar-refractivity contribution >= 4 is 17.2 Å². The molecule has 21 heavy (non-hydrogen) atoms. The Morgan fingerprint density at radius 1 is 1.33 bits per heavy atom. The molecule has 4 nitrogen and oxygen atoms in total. The average Bonchev–Trinajstić information content (AvgIpc) is 3.16. The van der Waals surface area contributed by atoms with Crippen molar-refractivity contribution < 1.29 is 9.53 Å². The van der Waals surface area contributed by atoms with Gasteiger partial charge >= 0.3 is 0 Å². The van der Waals surface area contributed by atoms with Crippen molar-refractivity contribution in [3.63, 3.8) is 0 Å². The maximum absolute atomic E-state index is 12.4. The third-order valence-electron chi connectivity index (χ3n) is 5.06. The molecule has 0 radical (unpaired) electrons. The predicted molar refractivity (Wildman–Crippen MR) is 84.9 cm³/mol. The molecule has 1 spiro atoms. The Morgan fingerprint density at radius 3 is 2.81 bits per heavy atom. The summed E-state index contributed by atoms with van der Waals surface area (Å²) in [6, 6.07) is 1.93. The summed E-state index contributed by atoms with van der Waals surface area (Å²) in [5.41, 5.74) is 1.17. The molecule has 0 N–H and O–H groups in total. The first kappa shape index (κ1) is 15.0. The molecule has 0 aromatic carbocycles. The maximum Gasteiger partial charge on any atom is 0.254 e. The Hall–Kier alpha value is -0.910. The molecular weight excluding hydrogens is 284 g/mol. The lowest BCUT2D eigenvalue weighted by atomic mass is 9.84. The Kier molecular flexibility index (Phi) is 4.62. The highest BCUT2D eigenvalue weighted by Crippen LogP contribution is 2.38. The normalized spacial score (nSPS) is 22.0. The first-order valence-corrected chi connectivity index (χ1v) is 8.75. The summed E-state index contributed by atoms with van der Waals surface area (Å²) >= 11 is 1.59. The smallest absolute Gasteiger partial charge is 0.254 e. The number of ether oxygens (including phenoxy) is 1. The summed E-state index contributed by atoms with van der Waals surface area (Å²) in [5, 5.41) is 3.93. The van der Waals surface area contributed by atoms with Crippen molar-refractivity contribution in [1.82, 2.24) is 9.80 Å². The SMILES string of the molecule is COCCN1CCCC12CCN(C(=O)c1ccsc1)CC2. The molecule has 5 heteroatoms. The minimum absolute atomic E-state index is 0.201. The first-order chi connectivity index (χ1) is 10.2. The van der Waals surface area contributed by atoms with E-state index in [9.17, 15) is 4.79 Å². The molecule has 2 fully saturated rings. The van der Waals surface area contributed by atoms with Crippen LogP contribution in [0, 0.1) is 0 Å². The monoisotopic (exact) mass is 308 g/mol. The van der Waals surface area contributed by atoms with Gasteiger partial charge in [0.1, 0.15) is 0 Å². The van der Waals surface area contributed by atoms with Crippen LogP contribution in [0.3, 0.4) is 0 Å². The standard InChI is InChI=1S/C16H24N2O2S/c1-20-11-10-18-7-2-4-16(18)5-8-17(9-6-16)15(19)14-3-12-21-13-14/h3,12-13H,2,4-11H2,1H3. The first-order valence-electron chi connectivity index (χ1n) is 7.81. The van der Waals surface area contributed by atoms with Gasteiger partial charge in [-0.05, 0) is 43.7 Å². The number of carbonyl (C=O) groups excluding carboxylic acids is 1. The largest absolute Gasteiger partial charge is 0.383 e. The van der Waals surface area contributed by atoms with Crippen LogP contribution in [0.1, 0.15) is 36.0 Å². The second kappa shape index (κ2) is 6.46. The molecule has 3 rings (SSSR count). The van der Waals surface area contributed by atoms with Crippen molar-refractivity contribution in [2.45, 2.75) is 31.2 Å². The quantitative estimate of drug-likeness (QED) is 0.856. The number of nitrogens with zero attached hydrogens (tertiary/aromatic N) is 2. The number of hydrogen-bond acceptors (Lipinski definition) is 4. The molecule has 0 atom stereocenters. The van der Waals surface area contributed by atoms with E-state index < -0.39 is 0 Å². The molecule has 0 unspecified atom stereocenters. The van der Waals surface area contributed by atoms with E-state index in [4.69, 9.17) is 4.74 Å². The zero-order valence-electron chi connectivity index (χ0n) is 12.7. The van der Waals surface area contributed by atoms with E-state index in [0.29, 0.717) is 5.54 Å². The Balaban J connectivity index is 1.60. The van der Waals surface area contributed by atoms with Gasteiger partial charge in [-0.3, -0.25) is 9.69 Å². The van der Waals surface area contributed by atoms with E-state index in [0.717, 1.165) is 44.6 Å². The van der Waals surface area contributed by atoms with Gasteiger partial charge in [0.15, 0.2) is 0 Å². The number of hydrogen-bond donors (Lipinski definition) is 0. The second-order valence-electron chi connectivity index (χ2n) is 6.11. The van der Waals surface area contributed by atoms with Gasteiger partial charge < -0.3 is 9.64 Å². The number of rotatable bonds is 4. The lowest BCUT2D eigenvalue weighted by Crippen LogP contribution is -2.53. The summed E-state index contributed by atoms with van der Waals surface area (Å²) in [5.74, 6) is 0.201. The van der Waals surface area contributed by atoms with Gasteiger partial charge in [0, 0.05) is 37.7 Å². The molecule has 0 saturated carbocycles. The molecule has 2 saturated heterocycles. The van der Waals surface area contributed by atoms with Gasteiger partial charge in [0.05, 0.1) is 12.2 Å². The Bertz CT molecular complexity index is 467. The molecule has 2 aliphatic rings. The molecule has 1 aromatic rings. The van der Waals surface area contributed by atoms with Crippen molar-refractivity contribution in [3.05, 3.63) is 22.4 Å². The zero-order chi connectivity index (χ0) is 14.7. The molecule has 2 aliphatic heterocycles. The minimum atomic E-state index is 0.201. The fraction of sp³-hybridized carbons (Fsp3) is 0.688. The molecular formula is C16H24N2O2S. The van der Waals surface area contributed by atoms with Crippen LogP contribution in [0.15, 0.2) is 16.8 Å². The number of likely N-dealkylation sites (tertiary alicyclic amines) is 2. The van der Waals surface area contributed by atoms with E-state index in [1.54, 1.807) is 18.4 Å². The van der Waals surface area contributed by atoms with Crippen LogP contribution < -0.4 is 0 Å². The van der Waals surface area contributed by atoms with Crippen LogP contribution in [0.4, 0.5) is 0 Å². The highest BCUT2D eigenvalue weighted by Gasteiger charge is 2.43. The number of carbonyl (C=O) groups is 1. The average molecular weight is 308 g/mol. The molecule has 1 amide bonds. The summed E-state index contributed by atoms with van der Waals surface area (Å²) in [6.45, 7) is 4.78. The minimum Gasteiger partial charge on any atom is -0.383 e. The van der Waals surface area contributed by atoms with Gasteiger partial charge in [0.2, 0.25) is 0 Å². The van der Waals surface area contributed by atoms with Crippen LogP contribution in [0.2, 0.25) is 0 Å². The number of amides is 1. The fourth-order valence-electron chi connectivity index (χ4n) is 3.81. The summed E-state index contributed by atoms with van der Waals surface area (Å²) < 4.78 is 5.24. The lowest BCUT2D eigenvalue weighted by Gasteiger charge is -2.45. The van der Waals surface area contributed by atoms with Gasteiger partial charge in [-0.1, -0.05) is 0 Å². The van der Waals surface area contributed by atoms with Crippen molar-refractivity contribution in [2.24, 2.45) is 0 Å². The van der Waals surface area contributed by atoms with Gasteiger partial charge in [-0.2, -0.15) is 11.3 Å². The van der Waals surface area contributed by atoms with Crippen LogP contribution in [-0.4, -0.2) is 61.1 Å². The van der Waals surface area contributed by atoms with Gasteiger partial charge in [-0.25, -0.2) is 0 Å². The number of methoxy groups -OCH3 is 1. The van der Waals surface area contributed by atoms with Crippen LogP contribution >= 0.6 is 11.3 Å². The zero-order valence-corrected chi connectivity index (χ0v) is 13.5. The van der Waals surface area contributed by atoms with Crippen molar-refractivity contribution in [3.8, 4) is 0 Å². The lowest BCUT2D eigenvalue weighted by molar-refractivity contribution is 0.0310. The number of piperidine rings is 1. The highest BCUT2D eigenvalue weighted by molar-refractivity contribution is 7.08. The molecule has 3 heterocycles. The summed E-state index contributed by atoms with van der Waals surface area (Å²) in [4.78, 5) is 17.0. The molecule has 1 aromatic heterocycles. The van der Waals surface area contributed by atoms with Crippen LogP contribution in [0.25, 0.3) is 0 Å². The van der Waals surface area contributed by atoms with Gasteiger partial charge in [-0.15, -0.1) is 0 Å². The number of thiophene rings is 1. The maximum atomic E-state index is 12.4. The summed E-state index contributed by atoms with van der Waals surface area (Å²) in [6.07, 6.45) is 4.76. The second-order valence-corrected chi connectivity index (χ2v) is 6.89. The third-order valence-corrected chi connectivity index (χ3v) is 5.74. The van der Waals surface area contributed by atoms with E-state index in [1.165, 1.54) is 19.4 Å². The van der Waals surface area contributed by atoms with Crippen LogP contribution in [0.5, 0.6) is 0 Å². The van der Waals surface area contributed by atoms with E-state index in [1.807, 2.05) is 21.7 Å². The molecule has 0 bridgehead atoms.